The van der Waals surface area contributed by atoms with Crippen LogP contribution in [0, 0.1) is 0 Å². The minimum Gasteiger partial charge on any atom is -0.379 e. The van der Waals surface area contributed by atoms with E-state index in [1.165, 1.54) is 0 Å². The van der Waals surface area contributed by atoms with E-state index < -0.39 is 0 Å². The summed E-state index contributed by atoms with van der Waals surface area (Å²) in [6, 6.07) is 5.63. The van der Waals surface area contributed by atoms with Crippen molar-refractivity contribution in [1.82, 2.24) is 14.7 Å². The first-order chi connectivity index (χ1) is 11.7. The fraction of sp³-hybridized carbons (Fsp3) is 0.412. The van der Waals surface area contributed by atoms with Gasteiger partial charge < -0.3 is 10.1 Å². The maximum atomic E-state index is 12.2. The number of nitrogens with one attached hydrogen (secondary N) is 1. The van der Waals surface area contributed by atoms with Gasteiger partial charge in [-0.1, -0.05) is 17.7 Å². The zero-order valence-electron chi connectivity index (χ0n) is 13.7. The third-order valence-electron chi connectivity index (χ3n) is 4.03. The van der Waals surface area contributed by atoms with Crippen LogP contribution >= 0.6 is 11.6 Å². The Balaban J connectivity index is 1.64. The number of halogens is 1. The van der Waals surface area contributed by atoms with Gasteiger partial charge in [-0.2, -0.15) is 5.10 Å². The van der Waals surface area contributed by atoms with E-state index in [0.29, 0.717) is 16.3 Å². The standard InChI is InChI=1S/C17H21ClN4O2/c1-2-22-12-14(10-19-22)17(23)20-15-4-3-13(16(18)9-15)11-21-5-7-24-8-6-21/h3-4,9-10,12H,2,5-8,11H2,1H3,(H,20,23). The number of carbonyl (C=O) groups is 1. The van der Waals surface area contributed by atoms with Gasteiger partial charge in [0, 0.05) is 43.1 Å². The second-order valence-electron chi connectivity index (χ2n) is 5.73. The molecule has 24 heavy (non-hydrogen) atoms. The van der Waals surface area contributed by atoms with Gasteiger partial charge in [0.1, 0.15) is 0 Å². The average Bonchev–Trinajstić information content (AvgIpc) is 3.08. The van der Waals surface area contributed by atoms with Crippen molar-refractivity contribution >= 4 is 23.2 Å². The maximum Gasteiger partial charge on any atom is 0.258 e. The molecule has 0 radical (unpaired) electrons. The van der Waals surface area contributed by atoms with E-state index in [4.69, 9.17) is 16.3 Å². The molecule has 2 aromatic rings. The number of hydrogen-bond acceptors (Lipinski definition) is 4. The molecule has 0 saturated carbocycles. The van der Waals surface area contributed by atoms with Crippen molar-refractivity contribution < 1.29 is 9.53 Å². The van der Waals surface area contributed by atoms with E-state index in [0.717, 1.165) is 45.0 Å². The van der Waals surface area contributed by atoms with Crippen molar-refractivity contribution in [2.75, 3.05) is 31.6 Å². The van der Waals surface area contributed by atoms with Crippen molar-refractivity contribution in [2.45, 2.75) is 20.0 Å². The molecule has 0 atom stereocenters. The molecule has 128 valence electrons. The van der Waals surface area contributed by atoms with Gasteiger partial charge >= 0.3 is 0 Å². The highest BCUT2D eigenvalue weighted by Gasteiger charge is 2.14. The predicted molar refractivity (Wildman–Crippen MR) is 93.4 cm³/mol. The van der Waals surface area contributed by atoms with Crippen LogP contribution in [0.1, 0.15) is 22.8 Å². The van der Waals surface area contributed by atoms with Crippen molar-refractivity contribution in [2.24, 2.45) is 0 Å². The van der Waals surface area contributed by atoms with E-state index >= 15 is 0 Å². The van der Waals surface area contributed by atoms with Gasteiger partial charge in [-0.25, -0.2) is 0 Å². The summed E-state index contributed by atoms with van der Waals surface area (Å²) in [6.45, 7) is 6.84. The summed E-state index contributed by atoms with van der Waals surface area (Å²) in [5.41, 5.74) is 2.26. The zero-order chi connectivity index (χ0) is 16.9. The van der Waals surface area contributed by atoms with Crippen LogP contribution in [0.5, 0.6) is 0 Å². The molecule has 1 aromatic heterocycles. The van der Waals surface area contributed by atoms with Crippen LogP contribution in [0.4, 0.5) is 5.69 Å². The number of carbonyl (C=O) groups excluding carboxylic acids is 1. The van der Waals surface area contributed by atoms with Crippen LogP contribution in [0.3, 0.4) is 0 Å². The largest absolute Gasteiger partial charge is 0.379 e. The molecule has 0 bridgehead atoms. The van der Waals surface area contributed by atoms with E-state index in [-0.39, 0.29) is 5.91 Å². The lowest BCUT2D eigenvalue weighted by Gasteiger charge is -2.27. The lowest BCUT2D eigenvalue weighted by molar-refractivity contribution is 0.0342. The number of hydrogen-bond donors (Lipinski definition) is 1. The first-order valence-electron chi connectivity index (χ1n) is 8.08. The van der Waals surface area contributed by atoms with Crippen LogP contribution in [0.2, 0.25) is 5.02 Å². The molecule has 1 fully saturated rings. The molecule has 0 spiro atoms. The molecule has 1 saturated heterocycles. The summed E-state index contributed by atoms with van der Waals surface area (Å²) in [4.78, 5) is 14.5. The number of nitrogens with zero attached hydrogens (tertiary/aromatic N) is 3. The number of morpholine rings is 1. The van der Waals surface area contributed by atoms with Gasteiger partial charge in [0.2, 0.25) is 0 Å². The summed E-state index contributed by atoms with van der Waals surface area (Å²) in [5, 5.41) is 7.62. The highest BCUT2D eigenvalue weighted by atomic mass is 35.5. The molecule has 2 heterocycles. The fourth-order valence-corrected chi connectivity index (χ4v) is 2.85. The Bertz CT molecular complexity index is 710. The molecule has 3 rings (SSSR count). The Kier molecular flexibility index (Phi) is 5.50. The number of aromatic nitrogens is 2. The summed E-state index contributed by atoms with van der Waals surface area (Å²) >= 11 is 6.38. The van der Waals surface area contributed by atoms with Gasteiger partial charge in [0.25, 0.3) is 5.91 Å². The van der Waals surface area contributed by atoms with Crippen molar-refractivity contribution in [1.29, 1.82) is 0 Å². The highest BCUT2D eigenvalue weighted by Crippen LogP contribution is 2.23. The molecule has 1 N–H and O–H groups in total. The van der Waals surface area contributed by atoms with Crippen LogP contribution in [0.25, 0.3) is 0 Å². The number of amides is 1. The molecule has 1 aliphatic rings. The normalized spacial score (nSPS) is 15.4. The third kappa shape index (κ3) is 4.14. The lowest BCUT2D eigenvalue weighted by Crippen LogP contribution is -2.35. The van der Waals surface area contributed by atoms with E-state index in [9.17, 15) is 4.79 Å². The number of anilines is 1. The van der Waals surface area contributed by atoms with Gasteiger partial charge in [-0.05, 0) is 24.6 Å². The number of benzene rings is 1. The van der Waals surface area contributed by atoms with Gasteiger partial charge in [0.15, 0.2) is 0 Å². The summed E-state index contributed by atoms with van der Waals surface area (Å²) in [6.07, 6.45) is 3.29. The second kappa shape index (κ2) is 7.79. The van der Waals surface area contributed by atoms with Gasteiger partial charge in [0.05, 0.1) is 25.0 Å². The zero-order valence-corrected chi connectivity index (χ0v) is 14.4. The molecular weight excluding hydrogens is 328 g/mol. The minimum absolute atomic E-state index is 0.188. The summed E-state index contributed by atoms with van der Waals surface area (Å²) < 4.78 is 7.07. The first-order valence-corrected chi connectivity index (χ1v) is 8.46. The Morgan fingerprint density at radius 1 is 1.38 bits per heavy atom. The van der Waals surface area contributed by atoms with Crippen LogP contribution in [-0.2, 0) is 17.8 Å². The predicted octanol–water partition coefficient (Wildman–Crippen LogP) is 2.64. The van der Waals surface area contributed by atoms with Crippen molar-refractivity contribution in [3.63, 3.8) is 0 Å². The summed E-state index contributed by atoms with van der Waals surface area (Å²) in [7, 11) is 0. The molecule has 1 amide bonds. The molecular formula is C17H21ClN4O2. The van der Waals surface area contributed by atoms with Gasteiger partial charge in [-0.3, -0.25) is 14.4 Å². The number of aryl methyl sites for hydroxylation is 1. The minimum atomic E-state index is -0.188. The van der Waals surface area contributed by atoms with Crippen LogP contribution in [-0.4, -0.2) is 46.9 Å². The smallest absolute Gasteiger partial charge is 0.258 e. The molecule has 1 aliphatic heterocycles. The van der Waals surface area contributed by atoms with E-state index in [2.05, 4.69) is 15.3 Å². The van der Waals surface area contributed by atoms with Crippen LogP contribution in [0.15, 0.2) is 30.6 Å². The molecule has 7 heteroatoms. The molecule has 1 aromatic carbocycles. The van der Waals surface area contributed by atoms with Crippen molar-refractivity contribution in [3.8, 4) is 0 Å². The molecule has 6 nitrogen and oxygen atoms in total. The first kappa shape index (κ1) is 17.0. The summed E-state index contributed by atoms with van der Waals surface area (Å²) in [5.74, 6) is -0.188. The fourth-order valence-electron chi connectivity index (χ4n) is 2.61. The van der Waals surface area contributed by atoms with Crippen LogP contribution < -0.4 is 5.32 Å². The topological polar surface area (TPSA) is 59.4 Å². The average molecular weight is 349 g/mol. The SMILES string of the molecule is CCn1cc(C(=O)Nc2ccc(CN3CCOCC3)c(Cl)c2)cn1. The Labute approximate surface area is 146 Å². The third-order valence-corrected chi connectivity index (χ3v) is 4.38. The lowest BCUT2D eigenvalue weighted by atomic mass is 10.1. The van der Waals surface area contributed by atoms with Gasteiger partial charge in [-0.15, -0.1) is 0 Å². The molecule has 0 unspecified atom stereocenters. The van der Waals surface area contributed by atoms with Crippen molar-refractivity contribution in [3.05, 3.63) is 46.7 Å². The highest BCUT2D eigenvalue weighted by molar-refractivity contribution is 6.31. The monoisotopic (exact) mass is 348 g/mol. The van der Waals surface area contributed by atoms with E-state index in [1.807, 2.05) is 19.1 Å². The Hall–Kier alpha value is -1.89. The second-order valence-corrected chi connectivity index (χ2v) is 6.14. The van der Waals surface area contributed by atoms with E-state index in [1.54, 1.807) is 23.1 Å². The maximum absolute atomic E-state index is 12.2. The number of ether oxygens (including phenoxy) is 1. The Morgan fingerprint density at radius 2 is 2.17 bits per heavy atom. The number of rotatable bonds is 5. The quantitative estimate of drug-likeness (QED) is 0.902. The molecule has 0 aliphatic carbocycles. The Morgan fingerprint density at radius 3 is 2.83 bits per heavy atom.